The van der Waals surface area contributed by atoms with Gasteiger partial charge in [-0.15, -0.1) is 0 Å². The molecular weight excluding hydrogens is 190 g/mol. The molecule has 1 heterocycles. The van der Waals surface area contributed by atoms with Crippen molar-refractivity contribution in [3.8, 4) is 5.75 Å². The Morgan fingerprint density at radius 1 is 1.40 bits per heavy atom. The van der Waals surface area contributed by atoms with Crippen molar-refractivity contribution in [2.75, 3.05) is 13.2 Å². The maximum Gasteiger partial charge on any atom is 0.157 e. The number of ether oxygens (including phenoxy) is 1. The van der Waals surface area contributed by atoms with Gasteiger partial charge in [0.15, 0.2) is 5.75 Å². The van der Waals surface area contributed by atoms with Gasteiger partial charge in [0.2, 0.25) is 0 Å². The first-order valence-corrected chi connectivity index (χ1v) is 5.50. The fourth-order valence-electron chi connectivity index (χ4n) is 1.19. The summed E-state index contributed by atoms with van der Waals surface area (Å²) in [5, 5.41) is 7.49. The minimum Gasteiger partial charge on any atom is -0.489 e. The summed E-state index contributed by atoms with van der Waals surface area (Å²) in [4.78, 5) is 0. The van der Waals surface area contributed by atoms with E-state index >= 15 is 0 Å². The zero-order valence-electron chi connectivity index (χ0n) is 10.0. The Morgan fingerprint density at radius 3 is 2.67 bits per heavy atom. The van der Waals surface area contributed by atoms with Gasteiger partial charge in [0.25, 0.3) is 0 Å². The van der Waals surface area contributed by atoms with Crippen LogP contribution in [-0.4, -0.2) is 29.0 Å². The van der Waals surface area contributed by atoms with Crippen LogP contribution in [0.25, 0.3) is 0 Å². The molecule has 86 valence electrons. The Morgan fingerprint density at radius 2 is 2.13 bits per heavy atom. The first-order valence-electron chi connectivity index (χ1n) is 5.50. The molecule has 0 saturated carbocycles. The van der Waals surface area contributed by atoms with E-state index in [0.29, 0.717) is 18.7 Å². The highest BCUT2D eigenvalue weighted by Gasteiger charge is 2.01. The second kappa shape index (κ2) is 5.75. The van der Waals surface area contributed by atoms with Crippen molar-refractivity contribution in [1.29, 1.82) is 0 Å². The number of hydrogen-bond acceptors (Lipinski definition) is 3. The molecule has 0 spiro atoms. The van der Waals surface area contributed by atoms with E-state index in [1.807, 2.05) is 10.9 Å². The molecule has 1 aromatic rings. The molecule has 0 aromatic carbocycles. The summed E-state index contributed by atoms with van der Waals surface area (Å²) < 4.78 is 7.44. The summed E-state index contributed by atoms with van der Waals surface area (Å²) in [6, 6.07) is 0.892. The van der Waals surface area contributed by atoms with E-state index in [1.165, 1.54) is 0 Å². The zero-order chi connectivity index (χ0) is 11.3. The van der Waals surface area contributed by atoms with E-state index in [1.54, 1.807) is 6.20 Å². The van der Waals surface area contributed by atoms with Gasteiger partial charge >= 0.3 is 0 Å². The van der Waals surface area contributed by atoms with Crippen LogP contribution in [0.2, 0.25) is 0 Å². The van der Waals surface area contributed by atoms with Gasteiger partial charge in [-0.3, -0.25) is 4.68 Å². The maximum atomic E-state index is 5.54. The number of nitrogens with one attached hydrogen (secondary N) is 1. The Kier molecular flexibility index (Phi) is 4.62. The Labute approximate surface area is 91.6 Å². The van der Waals surface area contributed by atoms with Crippen LogP contribution in [-0.2, 0) is 0 Å². The Bertz CT molecular complexity index is 281. The number of nitrogens with zero attached hydrogens (tertiary/aromatic N) is 2. The average molecular weight is 211 g/mol. The van der Waals surface area contributed by atoms with E-state index < -0.39 is 0 Å². The zero-order valence-corrected chi connectivity index (χ0v) is 10.0. The van der Waals surface area contributed by atoms with Crippen molar-refractivity contribution in [1.82, 2.24) is 15.1 Å². The van der Waals surface area contributed by atoms with Crippen molar-refractivity contribution in [3.05, 3.63) is 12.4 Å². The SMILES string of the molecule is CC(C)NCCOc1cnn(C(C)C)c1. The second-order valence-corrected chi connectivity index (χ2v) is 4.21. The highest BCUT2D eigenvalue weighted by Crippen LogP contribution is 2.11. The van der Waals surface area contributed by atoms with Gasteiger partial charge in [0.1, 0.15) is 6.61 Å². The van der Waals surface area contributed by atoms with Gasteiger partial charge < -0.3 is 10.1 Å². The molecule has 4 nitrogen and oxygen atoms in total. The molecule has 0 unspecified atom stereocenters. The quantitative estimate of drug-likeness (QED) is 0.730. The molecule has 0 bridgehead atoms. The Balaban J connectivity index is 2.26. The lowest BCUT2D eigenvalue weighted by Gasteiger charge is -2.08. The van der Waals surface area contributed by atoms with Gasteiger partial charge in [-0.1, -0.05) is 13.8 Å². The molecule has 0 aliphatic rings. The average Bonchev–Trinajstić information content (AvgIpc) is 2.60. The van der Waals surface area contributed by atoms with Crippen LogP contribution in [0.3, 0.4) is 0 Å². The summed E-state index contributed by atoms with van der Waals surface area (Å²) in [7, 11) is 0. The van der Waals surface area contributed by atoms with Crippen molar-refractivity contribution < 1.29 is 4.74 Å². The third-order valence-electron chi connectivity index (χ3n) is 2.03. The lowest BCUT2D eigenvalue weighted by molar-refractivity contribution is 0.308. The standard InChI is InChI=1S/C11H21N3O/c1-9(2)12-5-6-15-11-7-13-14(8-11)10(3)4/h7-10,12H,5-6H2,1-4H3. The van der Waals surface area contributed by atoms with Crippen LogP contribution in [0.4, 0.5) is 0 Å². The molecule has 15 heavy (non-hydrogen) atoms. The first-order chi connectivity index (χ1) is 7.09. The van der Waals surface area contributed by atoms with Crippen LogP contribution < -0.4 is 10.1 Å². The molecular formula is C11H21N3O. The van der Waals surface area contributed by atoms with Crippen molar-refractivity contribution in [3.63, 3.8) is 0 Å². The molecule has 4 heteroatoms. The minimum atomic E-state index is 0.385. The summed E-state index contributed by atoms with van der Waals surface area (Å²) >= 11 is 0. The second-order valence-electron chi connectivity index (χ2n) is 4.21. The van der Waals surface area contributed by atoms with Crippen LogP contribution in [0.5, 0.6) is 5.75 Å². The molecule has 0 fully saturated rings. The maximum absolute atomic E-state index is 5.54. The lowest BCUT2D eigenvalue weighted by Crippen LogP contribution is -2.27. The van der Waals surface area contributed by atoms with Gasteiger partial charge in [-0.05, 0) is 13.8 Å². The third kappa shape index (κ3) is 4.34. The number of hydrogen-bond donors (Lipinski definition) is 1. The van der Waals surface area contributed by atoms with Crippen LogP contribution in [0.15, 0.2) is 12.4 Å². The van der Waals surface area contributed by atoms with Gasteiger partial charge in [-0.2, -0.15) is 5.10 Å². The van der Waals surface area contributed by atoms with E-state index in [0.717, 1.165) is 12.3 Å². The van der Waals surface area contributed by atoms with Crippen molar-refractivity contribution in [2.24, 2.45) is 0 Å². The molecule has 0 aliphatic carbocycles. The third-order valence-corrected chi connectivity index (χ3v) is 2.03. The summed E-state index contributed by atoms with van der Waals surface area (Å²) in [6.07, 6.45) is 3.69. The number of rotatable bonds is 6. The largest absolute Gasteiger partial charge is 0.489 e. The molecule has 0 atom stereocenters. The first kappa shape index (κ1) is 12.0. The predicted molar refractivity (Wildman–Crippen MR) is 61.2 cm³/mol. The molecule has 0 saturated heterocycles. The van der Waals surface area contributed by atoms with E-state index in [4.69, 9.17) is 4.74 Å². The lowest BCUT2D eigenvalue weighted by atomic mass is 10.4. The topological polar surface area (TPSA) is 39.1 Å². The predicted octanol–water partition coefficient (Wildman–Crippen LogP) is 1.84. The minimum absolute atomic E-state index is 0.385. The molecule has 0 aliphatic heterocycles. The molecule has 1 aromatic heterocycles. The van der Waals surface area contributed by atoms with Crippen LogP contribution in [0.1, 0.15) is 33.7 Å². The fraction of sp³-hybridized carbons (Fsp3) is 0.727. The van der Waals surface area contributed by atoms with Crippen molar-refractivity contribution >= 4 is 0 Å². The molecule has 0 amide bonds. The summed E-state index contributed by atoms with van der Waals surface area (Å²) in [6.45, 7) is 9.98. The molecule has 1 N–H and O–H groups in total. The van der Waals surface area contributed by atoms with Gasteiger partial charge in [0.05, 0.1) is 12.4 Å². The highest BCUT2D eigenvalue weighted by molar-refractivity contribution is 5.11. The number of aromatic nitrogens is 2. The van der Waals surface area contributed by atoms with E-state index in [9.17, 15) is 0 Å². The van der Waals surface area contributed by atoms with E-state index in [-0.39, 0.29) is 0 Å². The normalized spacial score (nSPS) is 11.3. The van der Waals surface area contributed by atoms with Crippen LogP contribution in [0, 0.1) is 0 Å². The fourth-order valence-corrected chi connectivity index (χ4v) is 1.19. The van der Waals surface area contributed by atoms with E-state index in [2.05, 4.69) is 38.1 Å². The monoisotopic (exact) mass is 211 g/mol. The smallest absolute Gasteiger partial charge is 0.157 e. The Hall–Kier alpha value is -1.03. The van der Waals surface area contributed by atoms with Gasteiger partial charge in [-0.25, -0.2) is 0 Å². The van der Waals surface area contributed by atoms with Crippen molar-refractivity contribution in [2.45, 2.75) is 39.8 Å². The highest BCUT2D eigenvalue weighted by atomic mass is 16.5. The van der Waals surface area contributed by atoms with Crippen LogP contribution >= 0.6 is 0 Å². The molecule has 0 radical (unpaired) electrons. The molecule has 1 rings (SSSR count). The van der Waals surface area contributed by atoms with Gasteiger partial charge in [0, 0.05) is 18.6 Å². The summed E-state index contributed by atoms with van der Waals surface area (Å²) in [5.74, 6) is 0.842. The summed E-state index contributed by atoms with van der Waals surface area (Å²) in [5.41, 5.74) is 0.